The second kappa shape index (κ2) is 11.2. The number of carbonyl (C=O) groups excluding carboxylic acids is 1. The van der Waals surface area contributed by atoms with Gasteiger partial charge >= 0.3 is 0 Å². The van der Waals surface area contributed by atoms with Gasteiger partial charge in [0.25, 0.3) is 5.91 Å². The molecule has 1 aliphatic rings. The van der Waals surface area contributed by atoms with Crippen LogP contribution in [0.25, 0.3) is 0 Å². The summed E-state index contributed by atoms with van der Waals surface area (Å²) in [7, 11) is 0. The second-order valence-electron chi connectivity index (χ2n) is 8.64. The van der Waals surface area contributed by atoms with Gasteiger partial charge in [-0.25, -0.2) is 0 Å². The highest BCUT2D eigenvalue weighted by atomic mass is 35.5. The third-order valence-electron chi connectivity index (χ3n) is 5.81. The van der Waals surface area contributed by atoms with E-state index in [-0.39, 0.29) is 18.1 Å². The molecule has 3 aromatic rings. The molecule has 35 heavy (non-hydrogen) atoms. The number of rotatable bonds is 8. The Balaban J connectivity index is 1.62. The van der Waals surface area contributed by atoms with Crippen LogP contribution in [0, 0.1) is 0 Å². The lowest BCUT2D eigenvalue weighted by Gasteiger charge is -2.37. The van der Waals surface area contributed by atoms with Gasteiger partial charge in [0.2, 0.25) is 0 Å². The van der Waals surface area contributed by atoms with Crippen LogP contribution in [0.2, 0.25) is 10.0 Å². The van der Waals surface area contributed by atoms with E-state index in [4.69, 9.17) is 37.4 Å². The summed E-state index contributed by atoms with van der Waals surface area (Å²) in [6.07, 6.45) is 0.806. The smallest absolute Gasteiger partial charge is 0.254 e. The van der Waals surface area contributed by atoms with Crippen LogP contribution >= 0.6 is 23.2 Å². The summed E-state index contributed by atoms with van der Waals surface area (Å²) >= 11 is 12.3. The predicted molar refractivity (Wildman–Crippen MR) is 139 cm³/mol. The number of halogens is 2. The van der Waals surface area contributed by atoms with Crippen molar-refractivity contribution in [3.63, 3.8) is 0 Å². The van der Waals surface area contributed by atoms with Crippen LogP contribution in [0.1, 0.15) is 48.3 Å². The lowest BCUT2D eigenvalue weighted by Crippen LogP contribution is -2.42. The summed E-state index contributed by atoms with van der Waals surface area (Å²) in [5.41, 5.74) is 2.70. The van der Waals surface area contributed by atoms with Gasteiger partial charge < -0.3 is 19.1 Å². The van der Waals surface area contributed by atoms with Crippen LogP contribution in [0.15, 0.2) is 60.7 Å². The van der Waals surface area contributed by atoms with Gasteiger partial charge in [0.1, 0.15) is 23.9 Å². The zero-order chi connectivity index (χ0) is 24.9. The first-order valence-electron chi connectivity index (χ1n) is 11.8. The first kappa shape index (κ1) is 25.2. The SMILES string of the molecule is CCOc1ccc(OCC2c3ccc(OC(C)C)cc3CCN2C(=O)c2ccc(Cl)c(Cl)c2)cc1. The van der Waals surface area contributed by atoms with E-state index in [9.17, 15) is 4.79 Å². The van der Waals surface area contributed by atoms with Crippen molar-refractivity contribution in [3.8, 4) is 17.2 Å². The average molecular weight is 514 g/mol. The fourth-order valence-corrected chi connectivity index (χ4v) is 4.52. The highest BCUT2D eigenvalue weighted by Crippen LogP contribution is 2.35. The Kier molecular flexibility index (Phi) is 8.09. The zero-order valence-electron chi connectivity index (χ0n) is 20.1. The molecule has 4 rings (SSSR count). The molecule has 0 bridgehead atoms. The standard InChI is InChI=1S/C28H29Cl2NO4/c1-4-33-21-6-8-22(9-7-21)34-17-27-24-11-10-23(35-18(2)3)15-19(24)13-14-31(27)28(32)20-5-12-25(29)26(30)16-20/h5-12,15-16,18,27H,4,13-14,17H2,1-3H3. The van der Waals surface area contributed by atoms with Gasteiger partial charge in [-0.05, 0) is 92.9 Å². The normalized spacial score (nSPS) is 15.0. The quantitative estimate of drug-likeness (QED) is 0.325. The molecule has 7 heteroatoms. The molecule has 0 saturated heterocycles. The molecule has 0 radical (unpaired) electrons. The van der Waals surface area contributed by atoms with Crippen molar-refractivity contribution in [1.82, 2.24) is 4.90 Å². The van der Waals surface area contributed by atoms with E-state index in [2.05, 4.69) is 6.07 Å². The maximum absolute atomic E-state index is 13.6. The van der Waals surface area contributed by atoms with E-state index in [0.717, 1.165) is 29.0 Å². The first-order chi connectivity index (χ1) is 16.9. The molecule has 5 nitrogen and oxygen atoms in total. The minimum absolute atomic E-state index is 0.0863. The maximum Gasteiger partial charge on any atom is 0.254 e. The second-order valence-corrected chi connectivity index (χ2v) is 9.45. The third kappa shape index (κ3) is 6.03. The molecule has 1 aliphatic heterocycles. The van der Waals surface area contributed by atoms with Crippen LogP contribution in [-0.2, 0) is 6.42 Å². The van der Waals surface area contributed by atoms with Crippen LogP contribution < -0.4 is 14.2 Å². The molecule has 0 N–H and O–H groups in total. The Labute approximate surface area is 216 Å². The van der Waals surface area contributed by atoms with E-state index in [0.29, 0.717) is 41.1 Å². The van der Waals surface area contributed by atoms with Crippen molar-refractivity contribution < 1.29 is 19.0 Å². The molecular weight excluding hydrogens is 485 g/mol. The third-order valence-corrected chi connectivity index (χ3v) is 6.55. The van der Waals surface area contributed by atoms with Crippen molar-refractivity contribution in [2.75, 3.05) is 19.8 Å². The summed E-state index contributed by atoms with van der Waals surface area (Å²) in [6, 6.07) is 18.3. The number of hydrogen-bond donors (Lipinski definition) is 0. The summed E-state index contributed by atoms with van der Waals surface area (Å²) in [6.45, 7) is 7.41. The summed E-state index contributed by atoms with van der Waals surface area (Å²) in [5, 5.41) is 0.771. The molecule has 1 amide bonds. The summed E-state index contributed by atoms with van der Waals surface area (Å²) in [5.74, 6) is 2.21. The number of hydrogen-bond acceptors (Lipinski definition) is 4. The van der Waals surface area contributed by atoms with Gasteiger partial charge in [-0.1, -0.05) is 29.3 Å². The van der Waals surface area contributed by atoms with Gasteiger partial charge in [-0.15, -0.1) is 0 Å². The van der Waals surface area contributed by atoms with Crippen molar-refractivity contribution in [2.24, 2.45) is 0 Å². The Morgan fingerprint density at radius 2 is 1.63 bits per heavy atom. The molecule has 1 atom stereocenters. The lowest BCUT2D eigenvalue weighted by atomic mass is 9.92. The van der Waals surface area contributed by atoms with Crippen LogP contribution in [-0.4, -0.2) is 36.7 Å². The topological polar surface area (TPSA) is 48.0 Å². The van der Waals surface area contributed by atoms with E-state index in [1.54, 1.807) is 18.2 Å². The largest absolute Gasteiger partial charge is 0.494 e. The molecule has 0 fully saturated rings. The Hall–Kier alpha value is -2.89. The number of benzene rings is 3. The monoisotopic (exact) mass is 513 g/mol. The highest BCUT2D eigenvalue weighted by Gasteiger charge is 2.32. The number of nitrogens with zero attached hydrogens (tertiary/aromatic N) is 1. The van der Waals surface area contributed by atoms with Crippen molar-refractivity contribution in [2.45, 2.75) is 39.3 Å². The van der Waals surface area contributed by atoms with Gasteiger partial charge in [-0.2, -0.15) is 0 Å². The number of fused-ring (bicyclic) bond motifs is 1. The Morgan fingerprint density at radius 1 is 0.943 bits per heavy atom. The van der Waals surface area contributed by atoms with E-state index in [1.807, 2.05) is 62.1 Å². The maximum atomic E-state index is 13.6. The van der Waals surface area contributed by atoms with Crippen molar-refractivity contribution in [1.29, 1.82) is 0 Å². The highest BCUT2D eigenvalue weighted by molar-refractivity contribution is 6.42. The van der Waals surface area contributed by atoms with E-state index in [1.165, 1.54) is 0 Å². The number of amides is 1. The zero-order valence-corrected chi connectivity index (χ0v) is 21.6. The molecule has 0 spiro atoms. The molecule has 0 aliphatic carbocycles. The average Bonchev–Trinajstić information content (AvgIpc) is 2.84. The lowest BCUT2D eigenvalue weighted by molar-refractivity contribution is 0.0589. The fraction of sp³-hybridized carbons (Fsp3) is 0.321. The van der Waals surface area contributed by atoms with Crippen LogP contribution in [0.3, 0.4) is 0 Å². The minimum atomic E-state index is -0.277. The molecule has 1 heterocycles. The van der Waals surface area contributed by atoms with Crippen LogP contribution in [0.4, 0.5) is 0 Å². The van der Waals surface area contributed by atoms with Gasteiger partial charge in [0.05, 0.1) is 28.8 Å². The molecule has 3 aromatic carbocycles. The molecule has 184 valence electrons. The minimum Gasteiger partial charge on any atom is -0.494 e. The van der Waals surface area contributed by atoms with Crippen molar-refractivity contribution in [3.05, 3.63) is 87.4 Å². The molecular formula is C28H29Cl2NO4. The van der Waals surface area contributed by atoms with Crippen LogP contribution in [0.5, 0.6) is 17.2 Å². The van der Waals surface area contributed by atoms with Gasteiger partial charge in [-0.3, -0.25) is 4.79 Å². The predicted octanol–water partition coefficient (Wildman–Crippen LogP) is 7.00. The van der Waals surface area contributed by atoms with E-state index < -0.39 is 0 Å². The molecule has 0 aromatic heterocycles. The Bertz CT molecular complexity index is 1180. The molecule has 0 saturated carbocycles. The van der Waals surface area contributed by atoms with Gasteiger partial charge in [0.15, 0.2) is 0 Å². The number of ether oxygens (including phenoxy) is 3. The summed E-state index contributed by atoms with van der Waals surface area (Å²) < 4.78 is 17.6. The van der Waals surface area contributed by atoms with Gasteiger partial charge in [0, 0.05) is 12.1 Å². The Morgan fingerprint density at radius 3 is 2.29 bits per heavy atom. The first-order valence-corrected chi connectivity index (χ1v) is 12.5. The summed E-state index contributed by atoms with van der Waals surface area (Å²) in [4.78, 5) is 15.4. The van der Waals surface area contributed by atoms with E-state index >= 15 is 0 Å². The fourth-order valence-electron chi connectivity index (χ4n) is 4.23. The number of carbonyl (C=O) groups is 1. The van der Waals surface area contributed by atoms with Crippen molar-refractivity contribution >= 4 is 29.1 Å². The molecule has 1 unspecified atom stereocenters.